The third-order valence-corrected chi connectivity index (χ3v) is 3.99. The zero-order chi connectivity index (χ0) is 19.1. The molecule has 1 aliphatic heterocycles. The van der Waals surface area contributed by atoms with E-state index in [1.54, 1.807) is 12.1 Å². The van der Waals surface area contributed by atoms with Crippen LogP contribution in [0, 0.1) is 0 Å². The molecule has 2 rings (SSSR count). The van der Waals surface area contributed by atoms with Crippen molar-refractivity contribution in [2.24, 2.45) is 0 Å². The lowest BCUT2D eigenvalue weighted by molar-refractivity contribution is -0.147. The molecule has 0 spiro atoms. The molecule has 1 heterocycles. The van der Waals surface area contributed by atoms with E-state index in [9.17, 15) is 19.2 Å². The van der Waals surface area contributed by atoms with Gasteiger partial charge in [-0.25, -0.2) is 9.59 Å². The molecule has 1 aliphatic rings. The monoisotopic (exact) mass is 364 g/mol. The molecule has 0 bridgehead atoms. The molecule has 1 fully saturated rings. The number of aliphatic carboxylic acids is 2. The van der Waals surface area contributed by atoms with E-state index in [0.29, 0.717) is 19.4 Å². The van der Waals surface area contributed by atoms with Crippen molar-refractivity contribution >= 4 is 23.9 Å². The van der Waals surface area contributed by atoms with Crippen molar-refractivity contribution in [2.45, 2.75) is 38.0 Å². The molecule has 1 aromatic rings. The number of carboxylic acid groups (broad SMARTS) is 2. The summed E-state index contributed by atoms with van der Waals surface area (Å²) in [6.07, 6.45) is -0.496. The van der Waals surface area contributed by atoms with E-state index in [1.165, 1.54) is 4.90 Å². The van der Waals surface area contributed by atoms with Gasteiger partial charge in [-0.1, -0.05) is 30.3 Å². The van der Waals surface area contributed by atoms with Crippen LogP contribution in [0.5, 0.6) is 0 Å². The molecule has 9 heteroatoms. The Morgan fingerprint density at radius 3 is 2.50 bits per heavy atom. The Morgan fingerprint density at radius 1 is 1.19 bits per heavy atom. The number of carbonyl (C=O) groups is 4. The van der Waals surface area contributed by atoms with E-state index in [1.807, 2.05) is 18.2 Å². The number of hydrogen-bond donors (Lipinski definition) is 3. The minimum Gasteiger partial charge on any atom is -0.481 e. The Bertz CT molecular complexity index is 677. The maximum atomic E-state index is 12.3. The predicted octanol–water partition coefficient (Wildman–Crippen LogP) is 0.832. The summed E-state index contributed by atoms with van der Waals surface area (Å²) in [5, 5.41) is 19.9. The highest BCUT2D eigenvalue weighted by Crippen LogP contribution is 2.19. The van der Waals surface area contributed by atoms with Gasteiger partial charge in [0.1, 0.15) is 18.7 Å². The lowest BCUT2D eigenvalue weighted by atomic mass is 10.1. The fourth-order valence-corrected chi connectivity index (χ4v) is 2.70. The van der Waals surface area contributed by atoms with Crippen molar-refractivity contribution in [1.82, 2.24) is 10.2 Å². The highest BCUT2D eigenvalue weighted by Gasteiger charge is 2.37. The Morgan fingerprint density at radius 2 is 1.88 bits per heavy atom. The first-order chi connectivity index (χ1) is 12.4. The topological polar surface area (TPSA) is 133 Å². The van der Waals surface area contributed by atoms with Crippen molar-refractivity contribution in [2.75, 3.05) is 6.54 Å². The van der Waals surface area contributed by atoms with Crippen LogP contribution < -0.4 is 5.32 Å². The number of amides is 2. The molecule has 0 radical (unpaired) electrons. The smallest absolute Gasteiger partial charge is 0.410 e. The number of hydrogen-bond acceptors (Lipinski definition) is 5. The third-order valence-electron chi connectivity index (χ3n) is 3.99. The summed E-state index contributed by atoms with van der Waals surface area (Å²) < 4.78 is 5.21. The van der Waals surface area contributed by atoms with Gasteiger partial charge in [-0.2, -0.15) is 0 Å². The van der Waals surface area contributed by atoms with Crippen LogP contribution in [0.4, 0.5) is 4.79 Å². The van der Waals surface area contributed by atoms with Crippen LogP contribution >= 0.6 is 0 Å². The molecule has 0 aliphatic carbocycles. The Kier molecular flexibility index (Phi) is 6.54. The van der Waals surface area contributed by atoms with Gasteiger partial charge >= 0.3 is 18.0 Å². The van der Waals surface area contributed by atoms with E-state index in [2.05, 4.69) is 5.32 Å². The van der Waals surface area contributed by atoms with Crippen LogP contribution in [0.15, 0.2) is 30.3 Å². The molecule has 2 atom stereocenters. The van der Waals surface area contributed by atoms with Crippen molar-refractivity contribution in [1.29, 1.82) is 0 Å². The van der Waals surface area contributed by atoms with E-state index in [0.717, 1.165) is 5.56 Å². The van der Waals surface area contributed by atoms with Crippen LogP contribution in [0.25, 0.3) is 0 Å². The maximum absolute atomic E-state index is 12.3. The number of benzene rings is 1. The number of ether oxygens (including phenoxy) is 1. The highest BCUT2D eigenvalue weighted by atomic mass is 16.6. The molecule has 1 saturated heterocycles. The van der Waals surface area contributed by atoms with Gasteiger partial charge in [0.15, 0.2) is 0 Å². The summed E-state index contributed by atoms with van der Waals surface area (Å²) in [6, 6.07) is 6.61. The fraction of sp³-hybridized carbons (Fsp3) is 0.412. The molecular formula is C17H20N2O7. The summed E-state index contributed by atoms with van der Waals surface area (Å²) in [7, 11) is 0. The molecule has 0 saturated carbocycles. The number of nitrogens with one attached hydrogen (secondary N) is 1. The first kappa shape index (κ1) is 19.2. The molecular weight excluding hydrogens is 344 g/mol. The number of carboxylic acids is 2. The van der Waals surface area contributed by atoms with Gasteiger partial charge in [0.05, 0.1) is 6.42 Å². The van der Waals surface area contributed by atoms with E-state index >= 15 is 0 Å². The predicted molar refractivity (Wildman–Crippen MR) is 88.2 cm³/mol. The van der Waals surface area contributed by atoms with Gasteiger partial charge in [-0.3, -0.25) is 14.5 Å². The summed E-state index contributed by atoms with van der Waals surface area (Å²) >= 11 is 0. The Balaban J connectivity index is 1.95. The molecule has 0 aromatic heterocycles. The quantitative estimate of drug-likeness (QED) is 0.652. The van der Waals surface area contributed by atoms with Gasteiger partial charge in [-0.15, -0.1) is 0 Å². The van der Waals surface area contributed by atoms with E-state index in [-0.39, 0.29) is 6.61 Å². The minimum atomic E-state index is -1.55. The summed E-state index contributed by atoms with van der Waals surface area (Å²) in [5.41, 5.74) is 0.799. The number of nitrogens with zero attached hydrogens (tertiary/aromatic N) is 1. The van der Waals surface area contributed by atoms with Gasteiger partial charge in [0.2, 0.25) is 5.91 Å². The van der Waals surface area contributed by atoms with Gasteiger partial charge in [0.25, 0.3) is 0 Å². The molecule has 26 heavy (non-hydrogen) atoms. The molecule has 9 nitrogen and oxygen atoms in total. The maximum Gasteiger partial charge on any atom is 0.410 e. The first-order valence-electron chi connectivity index (χ1n) is 8.10. The lowest BCUT2D eigenvalue weighted by Crippen LogP contribution is -2.51. The van der Waals surface area contributed by atoms with Crippen LogP contribution in [-0.4, -0.2) is 57.7 Å². The second-order valence-corrected chi connectivity index (χ2v) is 5.89. The Labute approximate surface area is 149 Å². The number of likely N-dealkylation sites (tertiary alicyclic amines) is 1. The van der Waals surface area contributed by atoms with Crippen LogP contribution in [0.3, 0.4) is 0 Å². The molecule has 1 aromatic carbocycles. The third kappa shape index (κ3) is 5.20. The molecule has 140 valence electrons. The van der Waals surface area contributed by atoms with Crippen LogP contribution in [-0.2, 0) is 25.7 Å². The van der Waals surface area contributed by atoms with Gasteiger partial charge < -0.3 is 20.3 Å². The SMILES string of the molecule is O=C(O)C[C@H](NC(=O)[C@H]1CCCN1C(=O)OCc1ccccc1)C(=O)O. The van der Waals surface area contributed by atoms with E-state index < -0.39 is 42.4 Å². The second kappa shape index (κ2) is 8.84. The number of carbonyl (C=O) groups excluding carboxylic acids is 2. The highest BCUT2D eigenvalue weighted by molar-refractivity contribution is 5.91. The Hall–Kier alpha value is -3.10. The summed E-state index contributed by atoms with van der Waals surface area (Å²) in [6.45, 7) is 0.365. The summed E-state index contributed by atoms with van der Waals surface area (Å²) in [5.74, 6) is -3.49. The van der Waals surface area contributed by atoms with Crippen LogP contribution in [0.1, 0.15) is 24.8 Å². The zero-order valence-corrected chi connectivity index (χ0v) is 14.0. The van der Waals surface area contributed by atoms with Gasteiger partial charge in [0, 0.05) is 6.54 Å². The van der Waals surface area contributed by atoms with Crippen LogP contribution in [0.2, 0.25) is 0 Å². The average molecular weight is 364 g/mol. The molecule has 0 unspecified atom stereocenters. The summed E-state index contributed by atoms with van der Waals surface area (Å²) in [4.78, 5) is 47.6. The van der Waals surface area contributed by atoms with E-state index in [4.69, 9.17) is 14.9 Å². The fourth-order valence-electron chi connectivity index (χ4n) is 2.70. The normalized spacial score (nSPS) is 17.4. The lowest BCUT2D eigenvalue weighted by Gasteiger charge is -2.24. The van der Waals surface area contributed by atoms with Crippen molar-refractivity contribution < 1.29 is 34.1 Å². The minimum absolute atomic E-state index is 0.0568. The standard InChI is InChI=1S/C17H20N2O7/c20-14(21)9-12(16(23)24)18-15(22)13-7-4-8-19(13)17(25)26-10-11-5-2-1-3-6-11/h1-3,5-6,12-13H,4,7-10H2,(H,18,22)(H,20,21)(H,23,24)/t12-,13+/m0/s1. The average Bonchev–Trinajstić information content (AvgIpc) is 3.09. The first-order valence-corrected chi connectivity index (χ1v) is 8.10. The second-order valence-electron chi connectivity index (χ2n) is 5.89. The van der Waals surface area contributed by atoms with Gasteiger partial charge in [-0.05, 0) is 18.4 Å². The zero-order valence-electron chi connectivity index (χ0n) is 14.0. The largest absolute Gasteiger partial charge is 0.481 e. The van der Waals surface area contributed by atoms with Crippen molar-refractivity contribution in [3.8, 4) is 0 Å². The number of rotatable bonds is 7. The van der Waals surface area contributed by atoms with Crippen molar-refractivity contribution in [3.05, 3.63) is 35.9 Å². The molecule has 3 N–H and O–H groups in total. The van der Waals surface area contributed by atoms with Crippen molar-refractivity contribution in [3.63, 3.8) is 0 Å². The molecule has 2 amide bonds.